The van der Waals surface area contributed by atoms with Crippen molar-refractivity contribution >= 4 is 45.8 Å². The van der Waals surface area contributed by atoms with Gasteiger partial charge in [0.2, 0.25) is 0 Å². The average molecular weight is 402 g/mol. The molecule has 20 heavy (non-hydrogen) atoms. The third kappa shape index (κ3) is 4.11. The first-order valence-electron chi connectivity index (χ1n) is 5.99. The number of nitrogens with one attached hydrogen (secondary N) is 1. The molecule has 2 aromatic carbocycles. The molecule has 0 aromatic heterocycles. The molecule has 0 atom stereocenters. The van der Waals surface area contributed by atoms with E-state index in [0.29, 0.717) is 16.5 Å². The molecular formula is C15H13ClINO2. The first kappa shape index (κ1) is 15.1. The van der Waals surface area contributed by atoms with Crippen LogP contribution in [-0.2, 0) is 4.79 Å². The molecule has 0 bridgehead atoms. The normalized spacial score (nSPS) is 10.2. The van der Waals surface area contributed by atoms with Gasteiger partial charge in [0.05, 0.1) is 14.3 Å². The van der Waals surface area contributed by atoms with E-state index in [-0.39, 0.29) is 12.5 Å². The molecule has 1 N–H and O–H groups in total. The maximum atomic E-state index is 11.8. The van der Waals surface area contributed by atoms with Gasteiger partial charge in [0.25, 0.3) is 5.91 Å². The number of para-hydroxylation sites is 1. The first-order valence-corrected chi connectivity index (χ1v) is 7.45. The monoisotopic (exact) mass is 401 g/mol. The molecule has 2 rings (SSSR count). The molecule has 0 aliphatic rings. The smallest absolute Gasteiger partial charge is 0.262 e. The van der Waals surface area contributed by atoms with E-state index in [1.807, 2.05) is 37.3 Å². The molecule has 0 heterocycles. The lowest BCUT2D eigenvalue weighted by Gasteiger charge is -2.10. The van der Waals surface area contributed by atoms with Gasteiger partial charge in [0.1, 0.15) is 5.75 Å². The Balaban J connectivity index is 1.94. The highest BCUT2D eigenvalue weighted by molar-refractivity contribution is 14.1. The van der Waals surface area contributed by atoms with Gasteiger partial charge in [-0.2, -0.15) is 0 Å². The van der Waals surface area contributed by atoms with Crippen molar-refractivity contribution in [3.05, 3.63) is 56.6 Å². The summed E-state index contributed by atoms with van der Waals surface area (Å²) in [6.45, 7) is 1.89. The van der Waals surface area contributed by atoms with E-state index in [2.05, 4.69) is 27.9 Å². The van der Waals surface area contributed by atoms with Gasteiger partial charge in [-0.1, -0.05) is 29.8 Å². The van der Waals surface area contributed by atoms with Gasteiger partial charge in [0, 0.05) is 0 Å². The molecule has 1 amide bonds. The van der Waals surface area contributed by atoms with E-state index >= 15 is 0 Å². The highest BCUT2D eigenvalue weighted by Gasteiger charge is 2.08. The van der Waals surface area contributed by atoms with Crippen molar-refractivity contribution in [2.75, 3.05) is 11.9 Å². The standard InChI is InChI=1S/C15H13ClINO2/c1-10-6-7-13(11(16)8-10)18-15(19)9-20-14-5-3-2-4-12(14)17/h2-8H,9H2,1H3,(H,18,19). The number of amides is 1. The summed E-state index contributed by atoms with van der Waals surface area (Å²) in [6, 6.07) is 13.0. The Kier molecular flexibility index (Phi) is 5.25. The topological polar surface area (TPSA) is 38.3 Å². The SMILES string of the molecule is Cc1ccc(NC(=O)COc2ccccc2I)c(Cl)c1. The van der Waals surface area contributed by atoms with E-state index in [9.17, 15) is 4.79 Å². The molecule has 0 fully saturated rings. The Morgan fingerprint density at radius 1 is 1.30 bits per heavy atom. The van der Waals surface area contributed by atoms with Crippen molar-refractivity contribution in [2.45, 2.75) is 6.92 Å². The van der Waals surface area contributed by atoms with Crippen molar-refractivity contribution in [1.29, 1.82) is 0 Å². The summed E-state index contributed by atoms with van der Waals surface area (Å²) in [7, 11) is 0. The van der Waals surface area contributed by atoms with Crippen LogP contribution in [0.15, 0.2) is 42.5 Å². The number of benzene rings is 2. The number of rotatable bonds is 4. The summed E-state index contributed by atoms with van der Waals surface area (Å²) in [5.41, 5.74) is 1.64. The fourth-order valence-electron chi connectivity index (χ4n) is 1.61. The fraction of sp³-hybridized carbons (Fsp3) is 0.133. The molecule has 0 radical (unpaired) electrons. The Morgan fingerprint density at radius 3 is 2.75 bits per heavy atom. The van der Waals surface area contributed by atoms with Crippen LogP contribution in [0.4, 0.5) is 5.69 Å². The largest absolute Gasteiger partial charge is 0.483 e. The number of carbonyl (C=O) groups is 1. The summed E-state index contributed by atoms with van der Waals surface area (Å²) >= 11 is 8.22. The second-order valence-corrected chi connectivity index (χ2v) is 5.82. The molecule has 0 aliphatic carbocycles. The Labute approximate surface area is 136 Å². The van der Waals surface area contributed by atoms with Crippen LogP contribution in [0.25, 0.3) is 0 Å². The van der Waals surface area contributed by atoms with Gasteiger partial charge in [-0.05, 0) is 59.3 Å². The lowest BCUT2D eigenvalue weighted by Crippen LogP contribution is -2.20. The van der Waals surface area contributed by atoms with Gasteiger partial charge in [-0.25, -0.2) is 0 Å². The minimum Gasteiger partial charge on any atom is -0.483 e. The number of hydrogen-bond donors (Lipinski definition) is 1. The van der Waals surface area contributed by atoms with Crippen LogP contribution >= 0.6 is 34.2 Å². The zero-order valence-corrected chi connectivity index (χ0v) is 13.7. The number of ether oxygens (including phenoxy) is 1. The molecule has 2 aromatic rings. The van der Waals surface area contributed by atoms with Gasteiger partial charge in [0.15, 0.2) is 6.61 Å². The van der Waals surface area contributed by atoms with Crippen LogP contribution < -0.4 is 10.1 Å². The number of halogens is 2. The summed E-state index contributed by atoms with van der Waals surface area (Å²) in [5.74, 6) is 0.452. The van der Waals surface area contributed by atoms with Crippen LogP contribution in [0.1, 0.15) is 5.56 Å². The van der Waals surface area contributed by atoms with Gasteiger partial charge < -0.3 is 10.1 Å². The minimum absolute atomic E-state index is 0.0514. The third-order valence-corrected chi connectivity index (χ3v) is 3.80. The highest BCUT2D eigenvalue weighted by Crippen LogP contribution is 2.23. The maximum Gasteiger partial charge on any atom is 0.262 e. The number of carbonyl (C=O) groups excluding carboxylic acids is 1. The van der Waals surface area contributed by atoms with Crippen molar-refractivity contribution in [3.63, 3.8) is 0 Å². The second kappa shape index (κ2) is 6.95. The van der Waals surface area contributed by atoms with Crippen LogP contribution in [-0.4, -0.2) is 12.5 Å². The summed E-state index contributed by atoms with van der Waals surface area (Å²) in [4.78, 5) is 11.8. The van der Waals surface area contributed by atoms with Gasteiger partial charge in [-0.15, -0.1) is 0 Å². The van der Waals surface area contributed by atoms with E-state index < -0.39 is 0 Å². The average Bonchev–Trinajstić information content (AvgIpc) is 2.41. The molecule has 104 valence electrons. The van der Waals surface area contributed by atoms with Crippen molar-refractivity contribution in [3.8, 4) is 5.75 Å². The van der Waals surface area contributed by atoms with Crippen molar-refractivity contribution in [2.24, 2.45) is 0 Å². The quantitative estimate of drug-likeness (QED) is 0.777. The van der Waals surface area contributed by atoms with Crippen LogP contribution in [0.5, 0.6) is 5.75 Å². The molecule has 3 nitrogen and oxygen atoms in total. The van der Waals surface area contributed by atoms with E-state index in [0.717, 1.165) is 9.13 Å². The molecule has 0 unspecified atom stereocenters. The van der Waals surface area contributed by atoms with Crippen molar-refractivity contribution in [1.82, 2.24) is 0 Å². The van der Waals surface area contributed by atoms with Gasteiger partial charge in [-0.3, -0.25) is 4.79 Å². The molecular weight excluding hydrogens is 389 g/mol. The fourth-order valence-corrected chi connectivity index (χ4v) is 2.44. The second-order valence-electron chi connectivity index (χ2n) is 4.25. The minimum atomic E-state index is -0.240. The van der Waals surface area contributed by atoms with E-state index in [1.54, 1.807) is 12.1 Å². The molecule has 5 heteroatoms. The van der Waals surface area contributed by atoms with E-state index in [4.69, 9.17) is 16.3 Å². The van der Waals surface area contributed by atoms with Crippen molar-refractivity contribution < 1.29 is 9.53 Å². The van der Waals surface area contributed by atoms with Gasteiger partial charge >= 0.3 is 0 Å². The molecule has 0 saturated carbocycles. The predicted octanol–water partition coefficient (Wildman–Crippen LogP) is 4.27. The lowest BCUT2D eigenvalue weighted by atomic mass is 10.2. The highest BCUT2D eigenvalue weighted by atomic mass is 127. The predicted molar refractivity (Wildman–Crippen MR) is 89.5 cm³/mol. The molecule has 0 spiro atoms. The zero-order chi connectivity index (χ0) is 14.5. The summed E-state index contributed by atoms with van der Waals surface area (Å²) in [5, 5.41) is 3.25. The number of aryl methyl sites for hydroxylation is 1. The Hall–Kier alpha value is -1.27. The van der Waals surface area contributed by atoms with Crippen LogP contribution in [0, 0.1) is 10.5 Å². The van der Waals surface area contributed by atoms with Crippen LogP contribution in [0.2, 0.25) is 5.02 Å². The number of hydrogen-bond acceptors (Lipinski definition) is 2. The summed E-state index contributed by atoms with van der Waals surface area (Å²) in [6.07, 6.45) is 0. The third-order valence-electron chi connectivity index (χ3n) is 2.59. The van der Waals surface area contributed by atoms with E-state index in [1.165, 1.54) is 0 Å². The molecule has 0 aliphatic heterocycles. The first-order chi connectivity index (χ1) is 9.56. The Bertz CT molecular complexity index is 631. The summed E-state index contributed by atoms with van der Waals surface area (Å²) < 4.78 is 6.44. The molecule has 0 saturated heterocycles. The lowest BCUT2D eigenvalue weighted by molar-refractivity contribution is -0.118. The Morgan fingerprint density at radius 2 is 2.05 bits per heavy atom. The maximum absolute atomic E-state index is 11.8. The number of anilines is 1. The zero-order valence-electron chi connectivity index (χ0n) is 10.8. The van der Waals surface area contributed by atoms with Crippen LogP contribution in [0.3, 0.4) is 0 Å².